The Balaban J connectivity index is 1.39. The normalized spacial score (nSPS) is 17.1. The maximum Gasteiger partial charge on any atom is 0.222 e. The summed E-state index contributed by atoms with van der Waals surface area (Å²) in [5, 5.41) is 0. The molecule has 0 aliphatic carbocycles. The van der Waals surface area contributed by atoms with Gasteiger partial charge in [-0.05, 0) is 41.8 Å². The van der Waals surface area contributed by atoms with E-state index in [1.165, 1.54) is 0 Å². The first-order valence-corrected chi connectivity index (χ1v) is 10.9. The molecular weight excluding hydrogens is 407 g/mol. The topological polar surface area (TPSA) is 50.2 Å². The molecule has 0 fully saturated rings. The van der Waals surface area contributed by atoms with Crippen molar-refractivity contribution in [3.63, 3.8) is 0 Å². The number of benzene rings is 1. The summed E-state index contributed by atoms with van der Waals surface area (Å²) in [6, 6.07) is 11.4. The minimum atomic E-state index is -0.470. The fourth-order valence-electron chi connectivity index (χ4n) is 3.65. The molecule has 1 aromatic heterocycles. The number of pyridine rings is 1. The predicted octanol–water partition coefficient (Wildman–Crippen LogP) is 4.24. The number of fused-ring (bicyclic) bond motifs is 1. The van der Waals surface area contributed by atoms with E-state index in [0.717, 1.165) is 35.6 Å². The van der Waals surface area contributed by atoms with Crippen molar-refractivity contribution in [1.29, 1.82) is 0 Å². The van der Waals surface area contributed by atoms with Crippen LogP contribution in [0.5, 0.6) is 0 Å². The Labute approximate surface area is 188 Å². The zero-order valence-corrected chi connectivity index (χ0v) is 18.8. The number of hydrogen-bond donors (Lipinski definition) is 0. The van der Waals surface area contributed by atoms with Crippen LogP contribution in [0.1, 0.15) is 18.9 Å². The summed E-state index contributed by atoms with van der Waals surface area (Å²) in [7, 11) is 3.68. The lowest BCUT2D eigenvalue weighted by atomic mass is 10.0. The molecule has 2 aliphatic rings. The monoisotopic (exact) mass is 436 g/mol. The molecular formula is C25H29FN4O2. The van der Waals surface area contributed by atoms with E-state index < -0.39 is 5.95 Å². The second-order valence-corrected chi connectivity index (χ2v) is 7.99. The number of hydrogen-bond acceptors (Lipinski definition) is 6. The van der Waals surface area contributed by atoms with Crippen LogP contribution < -0.4 is 4.90 Å². The first-order valence-electron chi connectivity index (χ1n) is 10.9. The summed E-state index contributed by atoms with van der Waals surface area (Å²) in [5.74, 6) is 0.942. The van der Waals surface area contributed by atoms with Crippen molar-refractivity contribution in [2.75, 3.05) is 45.4 Å². The van der Waals surface area contributed by atoms with Gasteiger partial charge in [0.1, 0.15) is 24.3 Å². The van der Waals surface area contributed by atoms with Crippen LogP contribution >= 0.6 is 0 Å². The first-order chi connectivity index (χ1) is 15.5. The minimum absolute atomic E-state index is 0.0198. The highest BCUT2D eigenvalue weighted by Crippen LogP contribution is 2.26. The maximum atomic E-state index is 14.5. The first kappa shape index (κ1) is 22.0. The SMILES string of the molecule is CCCOCCOC1=CN2CC(c3ccc(-c4ccc(N(C)C)nc4F)cc3)=NC2C=C1. The molecule has 32 heavy (non-hydrogen) atoms. The van der Waals surface area contributed by atoms with E-state index in [2.05, 4.69) is 16.8 Å². The number of halogens is 1. The predicted molar refractivity (Wildman–Crippen MR) is 125 cm³/mol. The zero-order chi connectivity index (χ0) is 22.5. The average molecular weight is 437 g/mol. The van der Waals surface area contributed by atoms with Crippen LogP contribution in [-0.4, -0.2) is 62.2 Å². The molecule has 6 nitrogen and oxygen atoms in total. The molecule has 4 rings (SSSR count). The summed E-state index contributed by atoms with van der Waals surface area (Å²) in [4.78, 5) is 12.8. The number of aromatic nitrogens is 1. The molecule has 0 saturated carbocycles. The lowest BCUT2D eigenvalue weighted by Crippen LogP contribution is -2.27. The lowest BCUT2D eigenvalue weighted by Gasteiger charge is -2.23. The lowest BCUT2D eigenvalue weighted by molar-refractivity contribution is 0.0771. The summed E-state index contributed by atoms with van der Waals surface area (Å²) in [6.45, 7) is 4.66. The average Bonchev–Trinajstić information content (AvgIpc) is 3.22. The molecule has 2 aliphatic heterocycles. The molecule has 168 valence electrons. The Hall–Kier alpha value is -3.19. The van der Waals surface area contributed by atoms with E-state index in [1.807, 2.05) is 62.8 Å². The summed E-state index contributed by atoms with van der Waals surface area (Å²) >= 11 is 0. The number of aliphatic imine (C=N–C) groups is 1. The van der Waals surface area contributed by atoms with Crippen molar-refractivity contribution < 1.29 is 13.9 Å². The molecule has 0 N–H and O–H groups in total. The second-order valence-electron chi connectivity index (χ2n) is 7.99. The molecule has 1 aromatic carbocycles. The quantitative estimate of drug-likeness (QED) is 0.435. The summed E-state index contributed by atoms with van der Waals surface area (Å²) in [5.41, 5.74) is 3.31. The van der Waals surface area contributed by atoms with Crippen molar-refractivity contribution in [2.45, 2.75) is 19.5 Å². The van der Waals surface area contributed by atoms with E-state index in [0.29, 0.717) is 31.1 Å². The van der Waals surface area contributed by atoms with Gasteiger partial charge < -0.3 is 19.3 Å². The molecule has 3 heterocycles. The van der Waals surface area contributed by atoms with Crippen LogP contribution in [0.3, 0.4) is 0 Å². The molecule has 1 unspecified atom stereocenters. The van der Waals surface area contributed by atoms with Crippen LogP contribution in [-0.2, 0) is 9.47 Å². The highest BCUT2D eigenvalue weighted by atomic mass is 19.1. The fraction of sp³-hybridized carbons (Fsp3) is 0.360. The fourth-order valence-corrected chi connectivity index (χ4v) is 3.65. The van der Waals surface area contributed by atoms with Crippen molar-refractivity contribution in [1.82, 2.24) is 9.88 Å². The standard InChI is InChI=1S/C25H29FN4O2/c1-4-13-31-14-15-32-20-9-11-24-27-22(17-30(24)16-20)19-7-5-18(6-8-19)21-10-12-23(29(2)3)28-25(21)26/h5-12,16,24H,4,13-15,17H2,1-3H3. The maximum absolute atomic E-state index is 14.5. The van der Waals surface area contributed by atoms with Gasteiger partial charge in [-0.1, -0.05) is 31.2 Å². The van der Waals surface area contributed by atoms with Crippen molar-refractivity contribution in [3.05, 3.63) is 72.0 Å². The van der Waals surface area contributed by atoms with Crippen LogP contribution in [0.2, 0.25) is 0 Å². The van der Waals surface area contributed by atoms with E-state index in [-0.39, 0.29) is 6.17 Å². The third kappa shape index (κ3) is 4.99. The highest BCUT2D eigenvalue weighted by Gasteiger charge is 2.26. The van der Waals surface area contributed by atoms with Gasteiger partial charge >= 0.3 is 0 Å². The molecule has 0 spiro atoms. The van der Waals surface area contributed by atoms with Gasteiger partial charge in [0.25, 0.3) is 0 Å². The number of anilines is 1. The molecule has 0 radical (unpaired) electrons. The Morgan fingerprint density at radius 3 is 2.56 bits per heavy atom. The van der Waals surface area contributed by atoms with Crippen molar-refractivity contribution in [2.24, 2.45) is 4.99 Å². The Morgan fingerprint density at radius 2 is 1.84 bits per heavy atom. The summed E-state index contributed by atoms with van der Waals surface area (Å²) < 4.78 is 25.7. The molecule has 0 saturated heterocycles. The van der Waals surface area contributed by atoms with E-state index >= 15 is 0 Å². The van der Waals surface area contributed by atoms with Crippen LogP contribution in [0.4, 0.5) is 10.2 Å². The van der Waals surface area contributed by atoms with Crippen molar-refractivity contribution >= 4 is 11.5 Å². The number of ether oxygens (including phenoxy) is 2. The van der Waals surface area contributed by atoms with Gasteiger partial charge in [0.05, 0.1) is 18.9 Å². The van der Waals surface area contributed by atoms with Gasteiger partial charge in [-0.25, -0.2) is 4.98 Å². The Kier molecular flexibility index (Phi) is 6.85. The molecule has 1 atom stereocenters. The van der Waals surface area contributed by atoms with Gasteiger partial charge in [-0.2, -0.15) is 4.39 Å². The van der Waals surface area contributed by atoms with E-state index in [4.69, 9.17) is 14.5 Å². The molecule has 0 bridgehead atoms. The smallest absolute Gasteiger partial charge is 0.222 e. The molecule has 2 aromatic rings. The third-order valence-electron chi connectivity index (χ3n) is 5.35. The van der Waals surface area contributed by atoms with Crippen LogP contribution in [0.15, 0.2) is 65.5 Å². The van der Waals surface area contributed by atoms with Gasteiger partial charge in [0.15, 0.2) is 0 Å². The zero-order valence-electron chi connectivity index (χ0n) is 18.8. The second kappa shape index (κ2) is 9.96. The Bertz CT molecular complexity index is 1030. The third-order valence-corrected chi connectivity index (χ3v) is 5.35. The van der Waals surface area contributed by atoms with Crippen molar-refractivity contribution in [3.8, 4) is 11.1 Å². The Morgan fingerprint density at radius 1 is 1.06 bits per heavy atom. The number of rotatable bonds is 9. The van der Waals surface area contributed by atoms with Gasteiger partial charge in [-0.3, -0.25) is 4.99 Å². The molecule has 0 amide bonds. The van der Waals surface area contributed by atoms with Gasteiger partial charge in [-0.15, -0.1) is 0 Å². The highest BCUT2D eigenvalue weighted by molar-refractivity contribution is 6.03. The largest absolute Gasteiger partial charge is 0.490 e. The molecule has 7 heteroatoms. The minimum Gasteiger partial charge on any atom is -0.490 e. The van der Waals surface area contributed by atoms with Crippen LogP contribution in [0, 0.1) is 5.95 Å². The van der Waals surface area contributed by atoms with Gasteiger partial charge in [0, 0.05) is 32.5 Å². The van der Waals surface area contributed by atoms with Gasteiger partial charge in [0.2, 0.25) is 5.95 Å². The van der Waals surface area contributed by atoms with E-state index in [9.17, 15) is 4.39 Å². The number of nitrogens with zero attached hydrogens (tertiary/aromatic N) is 4. The summed E-state index contributed by atoms with van der Waals surface area (Å²) in [6.07, 6.45) is 6.99. The van der Waals surface area contributed by atoms with Crippen LogP contribution in [0.25, 0.3) is 11.1 Å². The van der Waals surface area contributed by atoms with E-state index in [1.54, 1.807) is 11.0 Å². The number of allylic oxidation sites excluding steroid dienone is 1.